The van der Waals surface area contributed by atoms with Crippen LogP contribution in [-0.2, 0) is 0 Å². The normalized spacial score (nSPS) is 12.2. The molecule has 1 N–H and O–H groups in total. The summed E-state index contributed by atoms with van der Waals surface area (Å²) in [5, 5.41) is 20.8. The van der Waals surface area contributed by atoms with E-state index in [-0.39, 0.29) is 11.6 Å². The monoisotopic (exact) mass is 361 g/mol. The lowest BCUT2D eigenvalue weighted by Gasteiger charge is -2.04. The van der Waals surface area contributed by atoms with Gasteiger partial charge in [-0.2, -0.15) is 10.4 Å². The Hall–Kier alpha value is -2.94. The zero-order chi connectivity index (χ0) is 20.5. The molecule has 1 rings (SSSR count). The molecule has 6 heteroatoms. The molecule has 0 saturated carbocycles. The number of carbonyl (C=O) groups is 1. The average Bonchev–Trinajstić information content (AvgIpc) is 3.09. The molecular weight excluding hydrogens is 333 g/mol. The number of hydrogen-bond donors (Lipinski definition) is 1. The molecule has 5 nitrogen and oxygen atoms in total. The predicted octanol–water partition coefficient (Wildman–Crippen LogP) is 5.28. The molecule has 0 aromatic carbocycles. The molecule has 0 radical (unpaired) electrons. The fourth-order valence-corrected chi connectivity index (χ4v) is 1.17. The van der Waals surface area contributed by atoms with E-state index in [0.29, 0.717) is 5.57 Å². The Kier molecular flexibility index (Phi) is 15.2. The average molecular weight is 361 g/mol. The molecule has 0 spiro atoms. The summed E-state index contributed by atoms with van der Waals surface area (Å²) in [4.78, 5) is 10.5. The van der Waals surface area contributed by atoms with Gasteiger partial charge in [-0.25, -0.2) is 9.18 Å². The van der Waals surface area contributed by atoms with E-state index in [0.717, 1.165) is 6.42 Å². The number of hydrogen-bond acceptors (Lipinski definition) is 3. The summed E-state index contributed by atoms with van der Waals surface area (Å²) in [6.45, 7) is 13.9. The molecule has 0 amide bonds. The van der Waals surface area contributed by atoms with Crippen LogP contribution in [0, 0.1) is 11.3 Å². The highest BCUT2D eigenvalue weighted by Gasteiger charge is 2.08. The van der Waals surface area contributed by atoms with Crippen LogP contribution in [0.25, 0.3) is 0 Å². The first-order valence-electron chi connectivity index (χ1n) is 8.06. The Morgan fingerprint density at radius 1 is 1.54 bits per heavy atom. The van der Waals surface area contributed by atoms with Crippen LogP contribution in [0.3, 0.4) is 0 Å². The van der Waals surface area contributed by atoms with Gasteiger partial charge in [0.05, 0.1) is 23.9 Å². The SMILES string of the molecule is C=C(C)C(C)F.C=CC/C=C/C.CC(/C=C/C#N)n1cc(C(=O)O)cn1. The molecule has 0 aliphatic carbocycles. The van der Waals surface area contributed by atoms with Gasteiger partial charge >= 0.3 is 5.97 Å². The molecule has 0 aliphatic heterocycles. The Bertz CT molecular complexity index is 652. The number of nitriles is 1. The standard InChI is InChI=1S/C9H9N3O2.C6H10.C5H9F/c1-7(3-2-4-10)12-6-8(5-11-12)9(13)14;1-3-5-6-4-2;1-4(2)5(3)6/h2-3,5-7H,1H3,(H,13,14);3-4,6H,1,5H2,2H3;5H,1H2,2-3H3/b3-2+;6-4+;. The molecule has 2 unspecified atom stereocenters. The van der Waals surface area contributed by atoms with Crippen molar-refractivity contribution in [3.63, 3.8) is 0 Å². The number of carboxylic acid groups (broad SMARTS) is 1. The van der Waals surface area contributed by atoms with Gasteiger partial charge in [-0.1, -0.05) is 24.8 Å². The van der Waals surface area contributed by atoms with Crippen molar-refractivity contribution in [2.75, 3.05) is 0 Å². The van der Waals surface area contributed by atoms with Crippen molar-refractivity contribution in [2.24, 2.45) is 0 Å². The Morgan fingerprint density at radius 2 is 2.12 bits per heavy atom. The maximum atomic E-state index is 11.7. The summed E-state index contributed by atoms with van der Waals surface area (Å²) in [6, 6.07) is 1.74. The third-order valence-corrected chi connectivity index (χ3v) is 2.93. The number of alkyl halides is 1. The van der Waals surface area contributed by atoms with E-state index in [2.05, 4.69) is 24.3 Å². The maximum Gasteiger partial charge on any atom is 0.338 e. The van der Waals surface area contributed by atoms with Crippen molar-refractivity contribution in [3.8, 4) is 6.07 Å². The second-order valence-electron chi connectivity index (χ2n) is 5.30. The lowest BCUT2D eigenvalue weighted by molar-refractivity contribution is 0.0696. The van der Waals surface area contributed by atoms with Crippen LogP contribution in [0.5, 0.6) is 0 Å². The van der Waals surface area contributed by atoms with E-state index < -0.39 is 12.1 Å². The van der Waals surface area contributed by atoms with E-state index in [9.17, 15) is 9.18 Å². The summed E-state index contributed by atoms with van der Waals surface area (Å²) in [7, 11) is 0. The molecule has 0 saturated heterocycles. The molecule has 2 atom stereocenters. The predicted molar refractivity (Wildman–Crippen MR) is 104 cm³/mol. The van der Waals surface area contributed by atoms with Crippen molar-refractivity contribution in [1.82, 2.24) is 9.78 Å². The summed E-state index contributed by atoms with van der Waals surface area (Å²) in [5.41, 5.74) is 0.734. The minimum Gasteiger partial charge on any atom is -0.478 e. The fraction of sp³-hybridized carbons (Fsp3) is 0.350. The van der Waals surface area contributed by atoms with Crippen LogP contribution in [0.15, 0.2) is 61.5 Å². The van der Waals surface area contributed by atoms with Gasteiger partial charge < -0.3 is 5.11 Å². The zero-order valence-corrected chi connectivity index (χ0v) is 15.9. The van der Waals surface area contributed by atoms with Gasteiger partial charge in [0.2, 0.25) is 0 Å². The van der Waals surface area contributed by atoms with Crippen LogP contribution >= 0.6 is 0 Å². The second kappa shape index (κ2) is 15.6. The quantitative estimate of drug-likeness (QED) is 0.552. The van der Waals surface area contributed by atoms with Crippen LogP contribution in [0.1, 0.15) is 50.5 Å². The van der Waals surface area contributed by atoms with Crippen molar-refractivity contribution in [1.29, 1.82) is 5.26 Å². The van der Waals surface area contributed by atoms with Crippen LogP contribution in [-0.4, -0.2) is 27.0 Å². The highest BCUT2D eigenvalue weighted by molar-refractivity contribution is 5.86. The lowest BCUT2D eigenvalue weighted by Crippen LogP contribution is -2.02. The van der Waals surface area contributed by atoms with Gasteiger partial charge in [-0.15, -0.1) is 6.58 Å². The van der Waals surface area contributed by atoms with E-state index in [1.165, 1.54) is 30.1 Å². The van der Waals surface area contributed by atoms with Crippen molar-refractivity contribution < 1.29 is 14.3 Å². The number of nitrogens with zero attached hydrogens (tertiary/aromatic N) is 3. The smallest absolute Gasteiger partial charge is 0.338 e. The molecule has 1 aromatic heterocycles. The third kappa shape index (κ3) is 13.5. The third-order valence-electron chi connectivity index (χ3n) is 2.93. The highest BCUT2D eigenvalue weighted by atomic mass is 19.1. The fourth-order valence-electron chi connectivity index (χ4n) is 1.17. The highest BCUT2D eigenvalue weighted by Crippen LogP contribution is 2.07. The largest absolute Gasteiger partial charge is 0.478 e. The Labute approximate surface area is 155 Å². The zero-order valence-electron chi connectivity index (χ0n) is 15.9. The molecule has 1 heterocycles. The molecule has 0 bridgehead atoms. The van der Waals surface area contributed by atoms with Gasteiger partial charge in [-0.3, -0.25) is 4.68 Å². The van der Waals surface area contributed by atoms with Gasteiger partial charge in [0.25, 0.3) is 0 Å². The summed E-state index contributed by atoms with van der Waals surface area (Å²) in [6.07, 6.45) is 11.8. The molecule has 142 valence electrons. The maximum absolute atomic E-state index is 11.7. The van der Waals surface area contributed by atoms with Gasteiger partial charge in [-0.05, 0) is 45.8 Å². The van der Waals surface area contributed by atoms with Crippen LogP contribution < -0.4 is 0 Å². The number of allylic oxidation sites excluding steroid dienone is 6. The van der Waals surface area contributed by atoms with Gasteiger partial charge in [0.15, 0.2) is 0 Å². The molecular formula is C20H28FN3O2. The molecule has 0 fully saturated rings. The van der Waals surface area contributed by atoms with E-state index in [4.69, 9.17) is 10.4 Å². The Balaban J connectivity index is 0. The molecule has 1 aromatic rings. The number of rotatable bonds is 6. The van der Waals surface area contributed by atoms with Crippen molar-refractivity contribution in [2.45, 2.75) is 46.3 Å². The van der Waals surface area contributed by atoms with Gasteiger partial charge in [0, 0.05) is 12.3 Å². The van der Waals surface area contributed by atoms with Crippen molar-refractivity contribution >= 4 is 5.97 Å². The van der Waals surface area contributed by atoms with Crippen LogP contribution in [0.2, 0.25) is 0 Å². The summed E-state index contributed by atoms with van der Waals surface area (Å²) in [5.74, 6) is -1.01. The van der Waals surface area contributed by atoms with Crippen molar-refractivity contribution in [3.05, 3.63) is 67.1 Å². The van der Waals surface area contributed by atoms with E-state index >= 15 is 0 Å². The first-order valence-corrected chi connectivity index (χ1v) is 8.06. The van der Waals surface area contributed by atoms with Crippen LogP contribution in [0.4, 0.5) is 4.39 Å². The molecule has 0 aliphatic rings. The topological polar surface area (TPSA) is 78.9 Å². The number of aromatic carboxylic acids is 1. The van der Waals surface area contributed by atoms with E-state index in [1.807, 2.05) is 32.1 Å². The second-order valence-corrected chi connectivity index (χ2v) is 5.30. The minimum atomic E-state index is -1.01. The number of halogens is 1. The first kappa shape index (κ1) is 25.3. The molecule has 26 heavy (non-hydrogen) atoms. The van der Waals surface area contributed by atoms with Gasteiger partial charge in [0.1, 0.15) is 6.17 Å². The summed E-state index contributed by atoms with van der Waals surface area (Å²) < 4.78 is 13.2. The number of carboxylic acids is 1. The minimum absolute atomic E-state index is 0.122. The Morgan fingerprint density at radius 3 is 2.42 bits per heavy atom. The summed E-state index contributed by atoms with van der Waals surface area (Å²) >= 11 is 0. The number of aromatic nitrogens is 2. The van der Waals surface area contributed by atoms with E-state index in [1.54, 1.807) is 13.0 Å². The first-order chi connectivity index (χ1) is 12.2. The lowest BCUT2D eigenvalue weighted by atomic mass is 10.2.